The van der Waals surface area contributed by atoms with Gasteiger partial charge in [-0.05, 0) is 25.1 Å². The van der Waals surface area contributed by atoms with Crippen LogP contribution in [0.4, 0.5) is 0 Å². The zero-order chi connectivity index (χ0) is 31.2. The molecule has 0 radical (unpaired) electrons. The number of phenols is 2. The summed E-state index contributed by atoms with van der Waals surface area (Å²) in [5, 5.41) is 82.0. The Kier molecular flexibility index (Phi) is 8.80. The van der Waals surface area contributed by atoms with Crippen molar-refractivity contribution in [2.75, 3.05) is 13.7 Å². The molecular formula is C28H32O15. The van der Waals surface area contributed by atoms with Gasteiger partial charge in [-0.25, -0.2) is 0 Å². The maximum absolute atomic E-state index is 12.8. The monoisotopic (exact) mass is 608 g/mol. The second-order valence-corrected chi connectivity index (χ2v) is 10.3. The highest BCUT2D eigenvalue weighted by atomic mass is 16.7. The molecule has 0 bridgehead atoms. The van der Waals surface area contributed by atoms with Gasteiger partial charge in [0.25, 0.3) is 0 Å². The second kappa shape index (κ2) is 12.2. The van der Waals surface area contributed by atoms with E-state index < -0.39 is 79.2 Å². The molecule has 3 aromatic rings. The van der Waals surface area contributed by atoms with Gasteiger partial charge in [0.05, 0.1) is 19.8 Å². The molecule has 2 fully saturated rings. The number of fused-ring (bicyclic) bond motifs is 1. The van der Waals surface area contributed by atoms with E-state index in [1.807, 2.05) is 0 Å². The van der Waals surface area contributed by atoms with Crippen LogP contribution in [0.3, 0.4) is 0 Å². The first-order valence-corrected chi connectivity index (χ1v) is 13.3. The van der Waals surface area contributed by atoms with Crippen molar-refractivity contribution in [2.45, 2.75) is 68.3 Å². The molecular weight excluding hydrogens is 576 g/mol. The molecule has 2 saturated heterocycles. The smallest absolute Gasteiger partial charge is 0.229 e. The quantitative estimate of drug-likeness (QED) is 0.159. The summed E-state index contributed by atoms with van der Waals surface area (Å²) < 4.78 is 32.9. The van der Waals surface area contributed by atoms with Crippen LogP contribution < -0.4 is 14.9 Å². The Labute approximate surface area is 243 Å². The summed E-state index contributed by atoms with van der Waals surface area (Å²) in [4.78, 5) is 12.8. The van der Waals surface area contributed by atoms with Gasteiger partial charge in [0.1, 0.15) is 71.0 Å². The van der Waals surface area contributed by atoms with Crippen molar-refractivity contribution < 1.29 is 69.0 Å². The van der Waals surface area contributed by atoms with Gasteiger partial charge in [0.2, 0.25) is 6.29 Å². The van der Waals surface area contributed by atoms with Crippen molar-refractivity contribution >= 4 is 11.0 Å². The summed E-state index contributed by atoms with van der Waals surface area (Å²) in [5.74, 6) is -0.605. The number of methoxy groups -OCH3 is 1. The van der Waals surface area contributed by atoms with Crippen LogP contribution in [-0.4, -0.2) is 116 Å². The summed E-state index contributed by atoms with van der Waals surface area (Å²) in [6, 6.07) is 7.78. The van der Waals surface area contributed by atoms with Crippen molar-refractivity contribution in [1.29, 1.82) is 0 Å². The molecule has 0 saturated carbocycles. The van der Waals surface area contributed by atoms with Gasteiger partial charge in [-0.3, -0.25) is 4.79 Å². The molecule has 1 aromatic heterocycles. The van der Waals surface area contributed by atoms with Crippen molar-refractivity contribution in [2.24, 2.45) is 0 Å². The second-order valence-electron chi connectivity index (χ2n) is 10.3. The zero-order valence-electron chi connectivity index (χ0n) is 22.9. The standard InChI is InChI=1S/C28H32O15/c1-10-21(32)23(34)25(36)27(40-10)39-9-19-22(33)24(35)26(37)28(43-19)41-12-6-14(30)20-15(31)8-17(42-18(20)7-12)11-3-4-16(38-2)13(29)5-11/h3-8,10,19,21-30,32-37H,9H2,1-2H3/t10-,19+,21-,22?,23+,24-,25+,26+,27+,28+/m0/s1. The van der Waals surface area contributed by atoms with E-state index in [1.54, 1.807) is 6.07 Å². The predicted molar refractivity (Wildman–Crippen MR) is 143 cm³/mol. The molecule has 2 aliphatic rings. The summed E-state index contributed by atoms with van der Waals surface area (Å²) in [7, 11) is 1.38. The number of hydrogen-bond acceptors (Lipinski definition) is 15. The fraction of sp³-hybridized carbons (Fsp3) is 0.464. The molecule has 1 unspecified atom stereocenters. The van der Waals surface area contributed by atoms with E-state index >= 15 is 0 Å². The molecule has 0 spiro atoms. The number of phenolic OH excluding ortho intramolecular Hbond substituents is 2. The molecule has 8 N–H and O–H groups in total. The summed E-state index contributed by atoms with van der Waals surface area (Å²) in [6.07, 6.45) is -15.0. The van der Waals surface area contributed by atoms with E-state index in [9.17, 15) is 45.6 Å². The number of aliphatic hydroxyl groups is 6. The van der Waals surface area contributed by atoms with Crippen LogP contribution >= 0.6 is 0 Å². The Morgan fingerprint density at radius 1 is 0.791 bits per heavy atom. The number of aliphatic hydroxyl groups excluding tert-OH is 6. The van der Waals surface area contributed by atoms with Gasteiger partial charge in [0, 0.05) is 23.8 Å². The maximum Gasteiger partial charge on any atom is 0.229 e. The van der Waals surface area contributed by atoms with Crippen LogP contribution in [0.1, 0.15) is 6.92 Å². The largest absolute Gasteiger partial charge is 0.507 e. The first-order chi connectivity index (χ1) is 20.4. The molecule has 3 heterocycles. The third-order valence-corrected chi connectivity index (χ3v) is 7.40. The molecule has 15 heteroatoms. The molecule has 10 atom stereocenters. The van der Waals surface area contributed by atoms with E-state index in [4.69, 9.17) is 28.1 Å². The van der Waals surface area contributed by atoms with E-state index in [1.165, 1.54) is 32.2 Å². The average molecular weight is 609 g/mol. The third-order valence-electron chi connectivity index (χ3n) is 7.40. The van der Waals surface area contributed by atoms with Crippen LogP contribution in [-0.2, 0) is 14.2 Å². The number of rotatable bonds is 7. The highest BCUT2D eigenvalue weighted by Gasteiger charge is 2.47. The molecule has 234 valence electrons. The van der Waals surface area contributed by atoms with Gasteiger partial charge in [-0.2, -0.15) is 0 Å². The zero-order valence-corrected chi connectivity index (χ0v) is 22.9. The molecule has 0 aliphatic carbocycles. The minimum absolute atomic E-state index is 0.0517. The highest BCUT2D eigenvalue weighted by molar-refractivity contribution is 5.86. The lowest BCUT2D eigenvalue weighted by atomic mass is 9.98. The molecule has 5 rings (SSSR count). The third kappa shape index (κ3) is 5.99. The molecule has 15 nitrogen and oxygen atoms in total. The number of aromatic hydroxyl groups is 2. The van der Waals surface area contributed by atoms with Crippen LogP contribution in [0.2, 0.25) is 0 Å². The van der Waals surface area contributed by atoms with E-state index in [2.05, 4.69) is 0 Å². The molecule has 2 aliphatic heterocycles. The van der Waals surface area contributed by atoms with E-state index in [0.717, 1.165) is 12.1 Å². The molecule has 2 aromatic carbocycles. The Bertz CT molecular complexity index is 1510. The van der Waals surface area contributed by atoms with Crippen LogP contribution in [0.25, 0.3) is 22.3 Å². The van der Waals surface area contributed by atoms with Gasteiger partial charge in [-0.1, -0.05) is 0 Å². The lowest BCUT2D eigenvalue weighted by Gasteiger charge is -2.42. The van der Waals surface area contributed by atoms with Crippen LogP contribution in [0.5, 0.6) is 23.0 Å². The summed E-state index contributed by atoms with van der Waals surface area (Å²) in [6.45, 7) is 0.953. The number of hydrogen-bond donors (Lipinski definition) is 8. The first-order valence-electron chi connectivity index (χ1n) is 13.3. The number of benzene rings is 2. The topological polar surface area (TPSA) is 238 Å². The van der Waals surface area contributed by atoms with Crippen molar-refractivity contribution in [3.8, 4) is 34.3 Å². The lowest BCUT2D eigenvalue weighted by molar-refractivity contribution is -0.318. The van der Waals surface area contributed by atoms with Crippen molar-refractivity contribution in [3.63, 3.8) is 0 Å². The van der Waals surface area contributed by atoms with Gasteiger partial charge < -0.3 is 69.0 Å². The average Bonchev–Trinajstić information content (AvgIpc) is 2.97. The van der Waals surface area contributed by atoms with E-state index in [-0.39, 0.29) is 34.0 Å². The van der Waals surface area contributed by atoms with Gasteiger partial charge >= 0.3 is 0 Å². The normalized spacial score (nSPS) is 32.9. The lowest BCUT2D eigenvalue weighted by Crippen LogP contribution is -2.61. The van der Waals surface area contributed by atoms with Crippen LogP contribution in [0, 0.1) is 0 Å². The molecule has 0 amide bonds. The fourth-order valence-corrected chi connectivity index (χ4v) is 4.92. The van der Waals surface area contributed by atoms with E-state index in [0.29, 0.717) is 5.56 Å². The Balaban J connectivity index is 1.36. The number of ether oxygens (including phenoxy) is 5. The first kappa shape index (κ1) is 30.9. The highest BCUT2D eigenvalue weighted by Crippen LogP contribution is 2.35. The summed E-state index contributed by atoms with van der Waals surface area (Å²) >= 11 is 0. The predicted octanol–water partition coefficient (Wildman–Crippen LogP) is -1.09. The minimum Gasteiger partial charge on any atom is -0.507 e. The maximum atomic E-state index is 12.8. The SMILES string of the molecule is COc1ccc(-c2cc(=O)c3c(O)cc(O[C@@H]4O[C@H](CO[C@@H]5O[C@@H](C)[C@H](O)[C@@H](O)[C@H]5O)C(O)[C@H](O)[C@H]4O)cc3o2)cc1O. The Morgan fingerprint density at radius 3 is 2.19 bits per heavy atom. The molecule has 43 heavy (non-hydrogen) atoms. The van der Waals surface area contributed by atoms with Crippen molar-refractivity contribution in [3.05, 3.63) is 46.6 Å². The summed E-state index contributed by atoms with van der Waals surface area (Å²) in [5.41, 5.74) is -0.381. The van der Waals surface area contributed by atoms with Gasteiger partial charge in [0.15, 0.2) is 23.2 Å². The fourth-order valence-electron chi connectivity index (χ4n) is 4.92. The Hall–Kier alpha value is -3.51. The van der Waals surface area contributed by atoms with Crippen LogP contribution in [0.15, 0.2) is 45.6 Å². The minimum atomic E-state index is -1.78. The van der Waals surface area contributed by atoms with Gasteiger partial charge in [-0.15, -0.1) is 0 Å². The van der Waals surface area contributed by atoms with Crippen molar-refractivity contribution in [1.82, 2.24) is 0 Å². The Morgan fingerprint density at radius 2 is 1.49 bits per heavy atom.